The molecule has 76 valence electrons. The Morgan fingerprint density at radius 1 is 1.71 bits per heavy atom. The molecule has 0 spiro atoms. The highest BCUT2D eigenvalue weighted by atomic mass is 32.1. The lowest BCUT2D eigenvalue weighted by molar-refractivity contribution is -0.139. The monoisotopic (exact) mass is 211 g/mol. The van der Waals surface area contributed by atoms with E-state index in [1.54, 1.807) is 11.3 Å². The average molecular weight is 211 g/mol. The third kappa shape index (κ3) is 1.80. The van der Waals surface area contributed by atoms with Gasteiger partial charge in [0, 0.05) is 10.8 Å². The van der Waals surface area contributed by atoms with Crippen molar-refractivity contribution in [2.75, 3.05) is 7.11 Å². The highest BCUT2D eigenvalue weighted by Crippen LogP contribution is 2.48. The molecule has 0 saturated heterocycles. The molecule has 2 rings (SSSR count). The highest BCUT2D eigenvalue weighted by molar-refractivity contribution is 7.09. The molecule has 1 aliphatic rings. The summed E-state index contributed by atoms with van der Waals surface area (Å²) < 4.78 is 4.59. The zero-order chi connectivity index (χ0) is 10.2. The zero-order valence-corrected chi connectivity index (χ0v) is 9.19. The summed E-state index contributed by atoms with van der Waals surface area (Å²) in [5, 5.41) is 3.12. The van der Waals surface area contributed by atoms with E-state index in [2.05, 4.69) is 16.6 Å². The predicted molar refractivity (Wildman–Crippen MR) is 54.4 cm³/mol. The van der Waals surface area contributed by atoms with E-state index in [1.807, 2.05) is 5.38 Å². The van der Waals surface area contributed by atoms with Crippen LogP contribution in [0, 0.1) is 0 Å². The van der Waals surface area contributed by atoms with E-state index in [0.717, 1.165) is 10.7 Å². The molecule has 1 heterocycles. The van der Waals surface area contributed by atoms with Gasteiger partial charge < -0.3 is 4.74 Å². The van der Waals surface area contributed by atoms with E-state index < -0.39 is 0 Å². The van der Waals surface area contributed by atoms with Crippen LogP contribution in [0.4, 0.5) is 0 Å². The first-order chi connectivity index (χ1) is 6.64. The van der Waals surface area contributed by atoms with Crippen molar-refractivity contribution in [2.45, 2.75) is 31.6 Å². The summed E-state index contributed by atoms with van der Waals surface area (Å²) >= 11 is 1.65. The number of aromatic nitrogens is 1. The van der Waals surface area contributed by atoms with E-state index in [4.69, 9.17) is 0 Å². The molecule has 0 radical (unpaired) electrons. The van der Waals surface area contributed by atoms with Crippen LogP contribution in [0.25, 0.3) is 0 Å². The number of hydrogen-bond acceptors (Lipinski definition) is 4. The molecule has 0 unspecified atom stereocenters. The highest BCUT2D eigenvalue weighted by Gasteiger charge is 2.41. The quantitative estimate of drug-likeness (QED) is 0.717. The standard InChI is InChI=1S/C10H13NO2S/c1-10(3-4-10)9-11-7(6-14-9)5-8(12)13-2/h6H,3-5H2,1-2H3. The second-order valence-electron chi connectivity index (χ2n) is 3.96. The summed E-state index contributed by atoms with van der Waals surface area (Å²) in [4.78, 5) is 15.4. The van der Waals surface area contributed by atoms with Gasteiger partial charge in [-0.25, -0.2) is 4.98 Å². The van der Waals surface area contributed by atoms with Crippen molar-refractivity contribution in [3.63, 3.8) is 0 Å². The fraction of sp³-hybridized carbons (Fsp3) is 0.600. The van der Waals surface area contributed by atoms with Gasteiger partial charge in [0.25, 0.3) is 0 Å². The van der Waals surface area contributed by atoms with Crippen LogP contribution < -0.4 is 0 Å². The molecule has 1 saturated carbocycles. The average Bonchev–Trinajstić information content (AvgIpc) is 2.75. The third-order valence-corrected chi connectivity index (χ3v) is 3.82. The van der Waals surface area contributed by atoms with Crippen molar-refractivity contribution >= 4 is 17.3 Å². The molecule has 0 atom stereocenters. The van der Waals surface area contributed by atoms with Crippen LogP contribution in [0.15, 0.2) is 5.38 Å². The maximum absolute atomic E-state index is 11.0. The molecule has 3 nitrogen and oxygen atoms in total. The summed E-state index contributed by atoms with van der Waals surface area (Å²) in [6, 6.07) is 0. The van der Waals surface area contributed by atoms with E-state index in [9.17, 15) is 4.79 Å². The smallest absolute Gasteiger partial charge is 0.311 e. The van der Waals surface area contributed by atoms with Crippen molar-refractivity contribution in [2.24, 2.45) is 0 Å². The number of thiazole rings is 1. The summed E-state index contributed by atoms with van der Waals surface area (Å²) in [7, 11) is 1.40. The van der Waals surface area contributed by atoms with Gasteiger partial charge in [-0.15, -0.1) is 11.3 Å². The van der Waals surface area contributed by atoms with Gasteiger partial charge in [0.2, 0.25) is 0 Å². The number of carbonyl (C=O) groups excluding carboxylic acids is 1. The van der Waals surface area contributed by atoms with Crippen LogP contribution in [0.2, 0.25) is 0 Å². The molecular weight excluding hydrogens is 198 g/mol. The molecule has 0 amide bonds. The second kappa shape index (κ2) is 3.35. The Kier molecular flexibility index (Phi) is 2.31. The minimum atomic E-state index is -0.220. The summed E-state index contributed by atoms with van der Waals surface area (Å²) in [5.41, 5.74) is 1.14. The first kappa shape index (κ1) is 9.65. The van der Waals surface area contributed by atoms with Crippen LogP contribution in [-0.4, -0.2) is 18.1 Å². The minimum Gasteiger partial charge on any atom is -0.469 e. The minimum absolute atomic E-state index is 0.220. The van der Waals surface area contributed by atoms with Crippen molar-refractivity contribution in [1.82, 2.24) is 4.98 Å². The first-order valence-corrected chi connectivity index (χ1v) is 5.54. The summed E-state index contributed by atoms with van der Waals surface area (Å²) in [5.74, 6) is -0.220. The van der Waals surface area contributed by atoms with Crippen molar-refractivity contribution in [3.05, 3.63) is 16.1 Å². The van der Waals surface area contributed by atoms with Gasteiger partial charge in [-0.2, -0.15) is 0 Å². The molecule has 1 aliphatic carbocycles. The normalized spacial score (nSPS) is 17.9. The number of ether oxygens (including phenoxy) is 1. The van der Waals surface area contributed by atoms with Gasteiger partial charge in [0.15, 0.2) is 0 Å². The fourth-order valence-corrected chi connectivity index (χ4v) is 2.33. The number of methoxy groups -OCH3 is 1. The van der Waals surface area contributed by atoms with Crippen LogP contribution in [0.1, 0.15) is 30.5 Å². The zero-order valence-electron chi connectivity index (χ0n) is 8.37. The van der Waals surface area contributed by atoms with Gasteiger partial charge in [-0.3, -0.25) is 4.79 Å². The van der Waals surface area contributed by atoms with E-state index in [1.165, 1.54) is 20.0 Å². The molecule has 1 aromatic rings. The third-order valence-electron chi connectivity index (χ3n) is 2.62. The Balaban J connectivity index is 2.06. The number of hydrogen-bond donors (Lipinski definition) is 0. The fourth-order valence-electron chi connectivity index (χ4n) is 1.29. The van der Waals surface area contributed by atoms with E-state index in [-0.39, 0.29) is 5.97 Å². The van der Waals surface area contributed by atoms with Crippen LogP contribution in [-0.2, 0) is 21.4 Å². The molecule has 1 aromatic heterocycles. The van der Waals surface area contributed by atoms with E-state index in [0.29, 0.717) is 11.8 Å². The van der Waals surface area contributed by atoms with E-state index >= 15 is 0 Å². The van der Waals surface area contributed by atoms with Gasteiger partial charge in [-0.1, -0.05) is 6.92 Å². The van der Waals surface area contributed by atoms with Crippen LogP contribution >= 0.6 is 11.3 Å². The largest absolute Gasteiger partial charge is 0.469 e. The van der Waals surface area contributed by atoms with Gasteiger partial charge in [0.1, 0.15) is 0 Å². The number of carbonyl (C=O) groups is 1. The Morgan fingerprint density at radius 3 is 3.00 bits per heavy atom. The van der Waals surface area contributed by atoms with Gasteiger partial charge in [-0.05, 0) is 12.8 Å². The molecule has 1 fully saturated rings. The van der Waals surface area contributed by atoms with Crippen molar-refractivity contribution in [1.29, 1.82) is 0 Å². The number of rotatable bonds is 3. The molecule has 4 heteroatoms. The molecular formula is C10H13NO2S. The summed E-state index contributed by atoms with van der Waals surface area (Å²) in [6.45, 7) is 2.22. The lowest BCUT2D eigenvalue weighted by Crippen LogP contribution is -2.05. The maximum Gasteiger partial charge on any atom is 0.311 e. The Bertz CT molecular complexity index is 355. The predicted octanol–water partition coefficient (Wildman–Crippen LogP) is 1.91. The lowest BCUT2D eigenvalue weighted by atomic mass is 10.2. The van der Waals surface area contributed by atoms with Crippen LogP contribution in [0.5, 0.6) is 0 Å². The summed E-state index contributed by atoms with van der Waals surface area (Å²) in [6.07, 6.45) is 2.74. The first-order valence-electron chi connectivity index (χ1n) is 4.66. The molecule has 0 aliphatic heterocycles. The van der Waals surface area contributed by atoms with Gasteiger partial charge in [0.05, 0.1) is 24.2 Å². The van der Waals surface area contributed by atoms with Crippen LogP contribution in [0.3, 0.4) is 0 Å². The van der Waals surface area contributed by atoms with Crippen molar-refractivity contribution in [3.8, 4) is 0 Å². The SMILES string of the molecule is COC(=O)Cc1csc(C2(C)CC2)n1. The molecule has 0 aromatic carbocycles. The Morgan fingerprint density at radius 2 is 2.43 bits per heavy atom. The van der Waals surface area contributed by atoms with Gasteiger partial charge >= 0.3 is 5.97 Å². The second-order valence-corrected chi connectivity index (χ2v) is 4.82. The van der Waals surface area contributed by atoms with Crippen molar-refractivity contribution < 1.29 is 9.53 Å². The maximum atomic E-state index is 11.0. The molecule has 0 bridgehead atoms. The number of nitrogens with zero attached hydrogens (tertiary/aromatic N) is 1. The Hall–Kier alpha value is -0.900. The molecule has 14 heavy (non-hydrogen) atoms. The Labute approximate surface area is 87.1 Å². The number of esters is 1. The molecule has 0 N–H and O–H groups in total. The lowest BCUT2D eigenvalue weighted by Gasteiger charge is -2.00. The topological polar surface area (TPSA) is 39.2 Å².